The zero-order valence-electron chi connectivity index (χ0n) is 16.5. The number of amides is 1. The molecule has 0 fully saturated rings. The number of likely N-dealkylation sites (N-methyl/N-ethyl adjacent to an activating group) is 1. The fourth-order valence-corrected chi connectivity index (χ4v) is 3.21. The molecule has 6 nitrogen and oxygen atoms in total. The van der Waals surface area contributed by atoms with E-state index >= 15 is 0 Å². The number of hydrogen-bond donors (Lipinski definition) is 2. The van der Waals surface area contributed by atoms with E-state index in [1.165, 1.54) is 6.07 Å². The quantitative estimate of drug-likeness (QED) is 0.662. The van der Waals surface area contributed by atoms with Crippen LogP contribution in [-0.2, 0) is 11.3 Å². The number of phenolic OH excluding ortho intramolecular Hbond substituents is 1. The molecule has 28 heavy (non-hydrogen) atoms. The Morgan fingerprint density at radius 1 is 1.14 bits per heavy atom. The van der Waals surface area contributed by atoms with Crippen LogP contribution in [0.25, 0.3) is 11.0 Å². The number of hydrogen-bond acceptors (Lipinski definition) is 5. The number of nitrogens with zero attached hydrogens (tertiary/aromatic N) is 1. The average Bonchev–Trinajstić information content (AvgIpc) is 2.62. The van der Waals surface area contributed by atoms with Gasteiger partial charge in [0.2, 0.25) is 5.91 Å². The Kier molecular flexibility index (Phi) is 5.51. The van der Waals surface area contributed by atoms with Crippen LogP contribution in [0.4, 0.5) is 5.69 Å². The molecule has 0 radical (unpaired) electrons. The van der Waals surface area contributed by atoms with Gasteiger partial charge in [0.05, 0.1) is 6.54 Å². The lowest BCUT2D eigenvalue weighted by molar-refractivity contribution is -0.117. The highest BCUT2D eigenvalue weighted by molar-refractivity contribution is 5.93. The lowest BCUT2D eigenvalue weighted by atomic mass is 10.1. The van der Waals surface area contributed by atoms with Gasteiger partial charge in [-0.15, -0.1) is 0 Å². The summed E-state index contributed by atoms with van der Waals surface area (Å²) in [6, 6.07) is 10.5. The number of carbonyl (C=O) groups excluding carboxylic acids is 1. The standard InChI is InChI=1S/C22H24N2O4/c1-13-6-5-7-18(14(13)2)23-20(26)12-24(4)11-16-10-21(27)28-22-15(3)19(25)9-8-17(16)22/h5-10,25H,11-12H2,1-4H3,(H,23,26). The summed E-state index contributed by atoms with van der Waals surface area (Å²) in [4.78, 5) is 26.2. The highest BCUT2D eigenvalue weighted by Crippen LogP contribution is 2.27. The first-order valence-corrected chi connectivity index (χ1v) is 9.06. The summed E-state index contributed by atoms with van der Waals surface area (Å²) in [6.07, 6.45) is 0. The summed E-state index contributed by atoms with van der Waals surface area (Å²) in [7, 11) is 1.82. The minimum Gasteiger partial charge on any atom is -0.508 e. The summed E-state index contributed by atoms with van der Waals surface area (Å²) in [6.45, 7) is 6.25. The SMILES string of the molecule is Cc1cccc(NC(=O)CN(C)Cc2cc(=O)oc3c(C)c(O)ccc23)c1C. The number of rotatable bonds is 5. The third-order valence-corrected chi connectivity index (χ3v) is 4.95. The molecule has 146 valence electrons. The summed E-state index contributed by atoms with van der Waals surface area (Å²) < 4.78 is 5.27. The lowest BCUT2D eigenvalue weighted by Crippen LogP contribution is -2.30. The van der Waals surface area contributed by atoms with Crippen LogP contribution in [0.5, 0.6) is 5.75 Å². The van der Waals surface area contributed by atoms with Crippen LogP contribution >= 0.6 is 0 Å². The Morgan fingerprint density at radius 2 is 1.89 bits per heavy atom. The average molecular weight is 380 g/mol. The van der Waals surface area contributed by atoms with Gasteiger partial charge in [-0.3, -0.25) is 9.69 Å². The van der Waals surface area contributed by atoms with E-state index in [4.69, 9.17) is 4.42 Å². The summed E-state index contributed by atoms with van der Waals surface area (Å²) in [5, 5.41) is 13.5. The van der Waals surface area contributed by atoms with E-state index in [9.17, 15) is 14.7 Å². The number of nitrogens with one attached hydrogen (secondary N) is 1. The van der Waals surface area contributed by atoms with Crippen molar-refractivity contribution in [1.82, 2.24) is 4.90 Å². The van der Waals surface area contributed by atoms with Gasteiger partial charge in [0.1, 0.15) is 11.3 Å². The molecule has 0 aliphatic rings. The third-order valence-electron chi connectivity index (χ3n) is 4.95. The second-order valence-electron chi connectivity index (χ2n) is 7.14. The molecule has 0 bridgehead atoms. The van der Waals surface area contributed by atoms with Crippen LogP contribution in [0.15, 0.2) is 45.6 Å². The number of aryl methyl sites for hydroxylation is 2. The molecule has 6 heteroatoms. The zero-order valence-corrected chi connectivity index (χ0v) is 16.5. The van der Waals surface area contributed by atoms with E-state index in [2.05, 4.69) is 5.32 Å². The van der Waals surface area contributed by atoms with Crippen molar-refractivity contribution in [3.8, 4) is 5.75 Å². The van der Waals surface area contributed by atoms with E-state index < -0.39 is 5.63 Å². The Bertz CT molecular complexity index is 1100. The van der Waals surface area contributed by atoms with E-state index in [1.807, 2.05) is 44.0 Å². The van der Waals surface area contributed by atoms with E-state index in [-0.39, 0.29) is 18.2 Å². The van der Waals surface area contributed by atoms with Crippen molar-refractivity contribution in [2.45, 2.75) is 27.3 Å². The Hall–Kier alpha value is -3.12. The first kappa shape index (κ1) is 19.6. The van der Waals surface area contributed by atoms with E-state index in [0.717, 1.165) is 27.8 Å². The van der Waals surface area contributed by atoms with Crippen molar-refractivity contribution in [1.29, 1.82) is 0 Å². The Morgan fingerprint density at radius 3 is 2.64 bits per heavy atom. The zero-order chi connectivity index (χ0) is 20.4. The predicted octanol–water partition coefficient (Wildman–Crippen LogP) is 3.49. The molecular weight excluding hydrogens is 356 g/mol. The molecule has 0 unspecified atom stereocenters. The van der Waals surface area contributed by atoms with Gasteiger partial charge in [0.15, 0.2) is 0 Å². The summed E-state index contributed by atoms with van der Waals surface area (Å²) in [5.41, 5.74) is 4.12. The molecule has 0 aliphatic heterocycles. The molecule has 0 saturated carbocycles. The predicted molar refractivity (Wildman–Crippen MR) is 110 cm³/mol. The molecule has 1 amide bonds. The van der Waals surface area contributed by atoms with Crippen LogP contribution < -0.4 is 10.9 Å². The Balaban J connectivity index is 1.77. The van der Waals surface area contributed by atoms with Crippen molar-refractivity contribution in [2.75, 3.05) is 18.9 Å². The summed E-state index contributed by atoms with van der Waals surface area (Å²) in [5.74, 6) is -0.0497. The molecule has 3 rings (SSSR count). The monoisotopic (exact) mass is 380 g/mol. The topological polar surface area (TPSA) is 82.8 Å². The fraction of sp³-hybridized carbons (Fsp3) is 0.273. The fourth-order valence-electron chi connectivity index (χ4n) is 3.21. The van der Waals surface area contributed by atoms with Gasteiger partial charge in [-0.25, -0.2) is 4.79 Å². The molecule has 2 aromatic carbocycles. The lowest BCUT2D eigenvalue weighted by Gasteiger charge is -2.18. The molecule has 0 aliphatic carbocycles. The van der Waals surface area contributed by atoms with Gasteiger partial charge in [0.25, 0.3) is 0 Å². The van der Waals surface area contributed by atoms with Crippen molar-refractivity contribution in [3.05, 3.63) is 69.1 Å². The molecular formula is C22H24N2O4. The number of aromatic hydroxyl groups is 1. The molecule has 1 aromatic heterocycles. The minimum atomic E-state index is -0.482. The number of benzene rings is 2. The van der Waals surface area contributed by atoms with Crippen LogP contribution in [0.2, 0.25) is 0 Å². The van der Waals surface area contributed by atoms with Crippen molar-refractivity contribution in [3.63, 3.8) is 0 Å². The van der Waals surface area contributed by atoms with Crippen LogP contribution in [-0.4, -0.2) is 29.5 Å². The maximum Gasteiger partial charge on any atom is 0.336 e. The number of fused-ring (bicyclic) bond motifs is 1. The van der Waals surface area contributed by atoms with E-state index in [0.29, 0.717) is 17.7 Å². The third kappa shape index (κ3) is 4.07. The van der Waals surface area contributed by atoms with Gasteiger partial charge >= 0.3 is 5.63 Å². The van der Waals surface area contributed by atoms with Crippen LogP contribution in [0, 0.1) is 20.8 Å². The first-order chi connectivity index (χ1) is 13.3. The maximum atomic E-state index is 12.4. The maximum absolute atomic E-state index is 12.4. The molecule has 2 N–H and O–H groups in total. The Labute approximate surface area is 163 Å². The normalized spacial score (nSPS) is 11.2. The molecule has 0 spiro atoms. The molecule has 0 saturated heterocycles. The first-order valence-electron chi connectivity index (χ1n) is 9.06. The second-order valence-corrected chi connectivity index (χ2v) is 7.14. The largest absolute Gasteiger partial charge is 0.508 e. The van der Waals surface area contributed by atoms with Gasteiger partial charge < -0.3 is 14.8 Å². The van der Waals surface area contributed by atoms with Crippen LogP contribution in [0.3, 0.4) is 0 Å². The number of carbonyl (C=O) groups is 1. The van der Waals surface area contributed by atoms with Crippen molar-refractivity contribution >= 4 is 22.6 Å². The van der Waals surface area contributed by atoms with Gasteiger partial charge in [-0.05, 0) is 62.7 Å². The summed E-state index contributed by atoms with van der Waals surface area (Å²) >= 11 is 0. The smallest absolute Gasteiger partial charge is 0.336 e. The van der Waals surface area contributed by atoms with Gasteiger partial charge in [-0.1, -0.05) is 12.1 Å². The van der Waals surface area contributed by atoms with Crippen molar-refractivity contribution < 1.29 is 14.3 Å². The van der Waals surface area contributed by atoms with Gasteiger partial charge in [0, 0.05) is 29.2 Å². The van der Waals surface area contributed by atoms with E-state index in [1.54, 1.807) is 19.1 Å². The van der Waals surface area contributed by atoms with Crippen LogP contribution in [0.1, 0.15) is 22.3 Å². The second kappa shape index (κ2) is 7.86. The number of phenols is 1. The molecule has 3 aromatic rings. The van der Waals surface area contributed by atoms with Crippen molar-refractivity contribution in [2.24, 2.45) is 0 Å². The van der Waals surface area contributed by atoms with Gasteiger partial charge in [-0.2, -0.15) is 0 Å². The minimum absolute atomic E-state index is 0.0778. The highest BCUT2D eigenvalue weighted by atomic mass is 16.4. The molecule has 1 heterocycles. The number of anilines is 1. The highest BCUT2D eigenvalue weighted by Gasteiger charge is 2.14. The molecule has 0 atom stereocenters.